The molecule has 4 nitrogen and oxygen atoms in total. The fourth-order valence-electron chi connectivity index (χ4n) is 1.91. The quantitative estimate of drug-likeness (QED) is 0.946. The summed E-state index contributed by atoms with van der Waals surface area (Å²) in [5.74, 6) is -0.940. The van der Waals surface area contributed by atoms with E-state index in [0.717, 1.165) is 23.4 Å². The van der Waals surface area contributed by atoms with Gasteiger partial charge in [-0.15, -0.1) is 0 Å². The van der Waals surface area contributed by atoms with Crippen molar-refractivity contribution in [3.05, 3.63) is 40.1 Å². The predicted octanol–water partition coefficient (Wildman–Crippen LogP) is 3.34. The molecule has 2 rings (SSSR count). The second-order valence-electron chi connectivity index (χ2n) is 3.96. The van der Waals surface area contributed by atoms with Crippen molar-refractivity contribution in [3.63, 3.8) is 0 Å². The molecule has 0 bridgehead atoms. The van der Waals surface area contributed by atoms with Crippen LogP contribution in [0.3, 0.4) is 0 Å². The fourth-order valence-corrected chi connectivity index (χ4v) is 2.32. The molecule has 0 aliphatic heterocycles. The van der Waals surface area contributed by atoms with Crippen LogP contribution < -0.4 is 0 Å². The van der Waals surface area contributed by atoms with Crippen LogP contribution in [0.15, 0.2) is 28.9 Å². The number of carbonyl (C=O) groups is 1. The van der Waals surface area contributed by atoms with Gasteiger partial charge in [-0.1, -0.05) is 6.07 Å². The van der Waals surface area contributed by atoms with Gasteiger partial charge in [-0.25, -0.2) is 4.79 Å². The number of aromatic carboxylic acids is 1. The summed E-state index contributed by atoms with van der Waals surface area (Å²) in [5, 5.41) is 13.4. The van der Waals surface area contributed by atoms with Crippen molar-refractivity contribution in [2.24, 2.45) is 0 Å². The summed E-state index contributed by atoms with van der Waals surface area (Å²) in [5.41, 5.74) is 3.13. The summed E-state index contributed by atoms with van der Waals surface area (Å²) in [7, 11) is 0. The molecule has 1 aromatic heterocycles. The molecular formula is C13H13BrN2O2. The number of halogens is 1. The molecule has 5 heteroatoms. The van der Waals surface area contributed by atoms with E-state index in [2.05, 4.69) is 21.0 Å². The van der Waals surface area contributed by atoms with Gasteiger partial charge in [-0.2, -0.15) is 5.10 Å². The zero-order valence-corrected chi connectivity index (χ0v) is 11.7. The standard InChI is InChI=1S/C13H13BrN2O2/c1-3-16-8(2)11(7-15-16)9-4-5-12(14)10(6-9)13(17)18/h4-7H,3H2,1-2H3,(H,17,18). The summed E-state index contributed by atoms with van der Waals surface area (Å²) in [6.45, 7) is 4.80. The second kappa shape index (κ2) is 4.94. The summed E-state index contributed by atoms with van der Waals surface area (Å²) in [4.78, 5) is 11.1. The van der Waals surface area contributed by atoms with Crippen molar-refractivity contribution in [2.45, 2.75) is 20.4 Å². The van der Waals surface area contributed by atoms with Gasteiger partial charge < -0.3 is 5.11 Å². The molecule has 0 spiro atoms. The van der Waals surface area contributed by atoms with Crippen molar-refractivity contribution < 1.29 is 9.90 Å². The third-order valence-electron chi connectivity index (χ3n) is 2.91. The van der Waals surface area contributed by atoms with Crippen molar-refractivity contribution in [1.82, 2.24) is 9.78 Å². The Labute approximate surface area is 113 Å². The molecule has 0 fully saturated rings. The SMILES string of the molecule is CCn1ncc(-c2ccc(Br)c(C(=O)O)c2)c1C. The Morgan fingerprint density at radius 3 is 2.78 bits per heavy atom. The molecule has 0 amide bonds. The van der Waals surface area contributed by atoms with Gasteiger partial charge in [-0.05, 0) is 47.5 Å². The molecule has 94 valence electrons. The van der Waals surface area contributed by atoms with E-state index in [9.17, 15) is 4.79 Å². The first-order valence-electron chi connectivity index (χ1n) is 5.60. The van der Waals surface area contributed by atoms with E-state index in [1.807, 2.05) is 24.6 Å². The van der Waals surface area contributed by atoms with Gasteiger partial charge >= 0.3 is 5.97 Å². The lowest BCUT2D eigenvalue weighted by Gasteiger charge is -2.05. The van der Waals surface area contributed by atoms with Crippen LogP contribution >= 0.6 is 15.9 Å². The highest BCUT2D eigenvalue weighted by molar-refractivity contribution is 9.10. The smallest absolute Gasteiger partial charge is 0.336 e. The summed E-state index contributed by atoms with van der Waals surface area (Å²) >= 11 is 3.24. The maximum absolute atomic E-state index is 11.1. The van der Waals surface area contributed by atoms with E-state index in [0.29, 0.717) is 4.47 Å². The Morgan fingerprint density at radius 2 is 2.22 bits per heavy atom. The number of carboxylic acid groups (broad SMARTS) is 1. The second-order valence-corrected chi connectivity index (χ2v) is 4.81. The Kier molecular flexibility index (Phi) is 3.52. The molecule has 1 heterocycles. The van der Waals surface area contributed by atoms with Crippen molar-refractivity contribution in [3.8, 4) is 11.1 Å². The third kappa shape index (κ3) is 2.18. The monoisotopic (exact) mass is 308 g/mol. The summed E-state index contributed by atoms with van der Waals surface area (Å²) in [6.07, 6.45) is 1.77. The maximum Gasteiger partial charge on any atom is 0.336 e. The minimum absolute atomic E-state index is 0.260. The number of rotatable bonds is 3. The first kappa shape index (κ1) is 12.8. The molecule has 0 saturated carbocycles. The topological polar surface area (TPSA) is 55.1 Å². The molecule has 0 saturated heterocycles. The zero-order valence-electron chi connectivity index (χ0n) is 10.1. The number of nitrogens with zero attached hydrogens (tertiary/aromatic N) is 2. The minimum Gasteiger partial charge on any atom is -0.478 e. The molecule has 0 atom stereocenters. The van der Waals surface area contributed by atoms with Crippen LogP contribution in [0.2, 0.25) is 0 Å². The Balaban J connectivity index is 2.54. The Morgan fingerprint density at radius 1 is 1.50 bits per heavy atom. The summed E-state index contributed by atoms with van der Waals surface area (Å²) in [6, 6.07) is 5.30. The number of aryl methyl sites for hydroxylation is 1. The van der Waals surface area contributed by atoms with Gasteiger partial charge in [0.15, 0.2) is 0 Å². The molecule has 0 aliphatic rings. The highest BCUT2D eigenvalue weighted by Gasteiger charge is 2.13. The average molecular weight is 309 g/mol. The van der Waals surface area contributed by atoms with E-state index >= 15 is 0 Å². The van der Waals surface area contributed by atoms with Crippen LogP contribution in [-0.4, -0.2) is 20.9 Å². The number of hydrogen-bond acceptors (Lipinski definition) is 2. The van der Waals surface area contributed by atoms with Crippen LogP contribution in [0.25, 0.3) is 11.1 Å². The highest BCUT2D eigenvalue weighted by Crippen LogP contribution is 2.27. The van der Waals surface area contributed by atoms with Crippen molar-refractivity contribution in [2.75, 3.05) is 0 Å². The maximum atomic E-state index is 11.1. The van der Waals surface area contributed by atoms with Crippen LogP contribution in [0.5, 0.6) is 0 Å². The van der Waals surface area contributed by atoms with E-state index < -0.39 is 5.97 Å². The Bertz CT molecular complexity index is 605. The first-order chi connectivity index (χ1) is 8.54. The van der Waals surface area contributed by atoms with Crippen molar-refractivity contribution >= 4 is 21.9 Å². The molecule has 0 unspecified atom stereocenters. The van der Waals surface area contributed by atoms with Crippen LogP contribution in [0, 0.1) is 6.92 Å². The van der Waals surface area contributed by atoms with E-state index in [-0.39, 0.29) is 5.56 Å². The fraction of sp³-hybridized carbons (Fsp3) is 0.231. The normalized spacial score (nSPS) is 10.6. The largest absolute Gasteiger partial charge is 0.478 e. The number of benzene rings is 1. The molecule has 18 heavy (non-hydrogen) atoms. The van der Waals surface area contributed by atoms with Gasteiger partial charge in [0.05, 0.1) is 11.8 Å². The van der Waals surface area contributed by atoms with Gasteiger partial charge in [0, 0.05) is 22.3 Å². The average Bonchev–Trinajstić information content (AvgIpc) is 2.71. The number of hydrogen-bond donors (Lipinski definition) is 1. The molecule has 0 aliphatic carbocycles. The predicted molar refractivity (Wildman–Crippen MR) is 72.7 cm³/mol. The highest BCUT2D eigenvalue weighted by atomic mass is 79.9. The van der Waals surface area contributed by atoms with Crippen LogP contribution in [0.4, 0.5) is 0 Å². The molecule has 2 aromatic rings. The molecule has 1 aromatic carbocycles. The number of aromatic nitrogens is 2. The van der Waals surface area contributed by atoms with Gasteiger partial charge in [0.25, 0.3) is 0 Å². The van der Waals surface area contributed by atoms with E-state index in [1.54, 1.807) is 18.3 Å². The molecular weight excluding hydrogens is 296 g/mol. The minimum atomic E-state index is -0.940. The molecule has 1 N–H and O–H groups in total. The van der Waals surface area contributed by atoms with Crippen LogP contribution in [0.1, 0.15) is 23.0 Å². The lowest BCUT2D eigenvalue weighted by Crippen LogP contribution is -1.99. The summed E-state index contributed by atoms with van der Waals surface area (Å²) < 4.78 is 2.47. The molecule has 0 radical (unpaired) electrons. The third-order valence-corrected chi connectivity index (χ3v) is 3.60. The Hall–Kier alpha value is -1.62. The zero-order chi connectivity index (χ0) is 13.3. The van der Waals surface area contributed by atoms with Crippen molar-refractivity contribution in [1.29, 1.82) is 0 Å². The first-order valence-corrected chi connectivity index (χ1v) is 6.39. The van der Waals surface area contributed by atoms with Gasteiger partial charge in [0.2, 0.25) is 0 Å². The van der Waals surface area contributed by atoms with E-state index in [4.69, 9.17) is 5.11 Å². The number of carboxylic acids is 1. The van der Waals surface area contributed by atoms with Crippen LogP contribution in [-0.2, 0) is 6.54 Å². The lowest BCUT2D eigenvalue weighted by molar-refractivity contribution is 0.0696. The van der Waals surface area contributed by atoms with Gasteiger partial charge in [-0.3, -0.25) is 4.68 Å². The van der Waals surface area contributed by atoms with Gasteiger partial charge in [0.1, 0.15) is 0 Å². The lowest BCUT2D eigenvalue weighted by atomic mass is 10.0. The van der Waals surface area contributed by atoms with E-state index in [1.165, 1.54) is 0 Å².